The Bertz CT molecular complexity index is 224. The molecule has 1 aliphatic heterocycles. The van der Waals surface area contributed by atoms with Crippen LogP contribution in [-0.2, 0) is 4.79 Å². The summed E-state index contributed by atoms with van der Waals surface area (Å²) in [4.78, 5) is 13.2. The Balaban J connectivity index is 2.98. The van der Waals surface area contributed by atoms with Crippen molar-refractivity contribution >= 4 is 13.1 Å². The van der Waals surface area contributed by atoms with Crippen molar-refractivity contribution in [1.29, 1.82) is 0 Å². The van der Waals surface area contributed by atoms with Gasteiger partial charge in [0.2, 0.25) is 0 Å². The Morgan fingerprint density at radius 2 is 2.18 bits per heavy atom. The van der Waals surface area contributed by atoms with Gasteiger partial charge in [-0.1, -0.05) is 6.82 Å². The lowest BCUT2D eigenvalue weighted by molar-refractivity contribution is -0.117. The first kappa shape index (κ1) is 8.17. The summed E-state index contributed by atoms with van der Waals surface area (Å²) < 4.78 is 0. The molecule has 0 aromatic rings. The number of hydrogen-bond donors (Lipinski definition) is 1. The fourth-order valence-electron chi connectivity index (χ4n) is 1.33. The number of carbonyl (C=O) groups excluding carboxylic acids is 1. The van der Waals surface area contributed by atoms with E-state index < -0.39 is 0 Å². The second kappa shape index (κ2) is 2.60. The van der Waals surface area contributed by atoms with E-state index in [1.807, 2.05) is 25.7 Å². The third-order valence-electron chi connectivity index (χ3n) is 2.30. The Kier molecular flexibility index (Phi) is 1.93. The molecule has 11 heavy (non-hydrogen) atoms. The molecule has 1 rings (SSSR count). The summed E-state index contributed by atoms with van der Waals surface area (Å²) in [6.07, 6.45) is 0. The van der Waals surface area contributed by atoms with E-state index in [9.17, 15) is 4.79 Å². The highest BCUT2D eigenvalue weighted by molar-refractivity contribution is 6.54. The Hall–Kier alpha value is -0.925. The quantitative estimate of drug-likeness (QED) is 0.515. The summed E-state index contributed by atoms with van der Waals surface area (Å²) in [5.74, 6) is 0.817. The van der Waals surface area contributed by atoms with E-state index in [-0.39, 0.29) is 11.8 Å². The summed E-state index contributed by atoms with van der Waals surface area (Å²) >= 11 is 0. The molecular formula is C7H13BN2O. The third-order valence-corrected chi connectivity index (χ3v) is 2.30. The van der Waals surface area contributed by atoms with E-state index in [1.165, 1.54) is 0 Å². The topological polar surface area (TPSA) is 46.3 Å². The average Bonchev–Trinajstić information content (AvgIpc) is 2.17. The van der Waals surface area contributed by atoms with E-state index in [1.54, 1.807) is 0 Å². The molecular weight excluding hydrogens is 139 g/mol. The normalized spacial score (nSPS) is 24.8. The first-order chi connectivity index (χ1) is 5.09. The van der Waals surface area contributed by atoms with Crippen molar-refractivity contribution in [3.05, 3.63) is 11.3 Å². The van der Waals surface area contributed by atoms with Crippen molar-refractivity contribution in [1.82, 2.24) is 4.90 Å². The molecule has 0 aliphatic carbocycles. The average molecular weight is 152 g/mol. The standard InChI is InChI=1S/C7H13BN2O/c1-4-6(11)5(8-2)7(9)10(4)3/h4,8H,9H2,1-3H3. The van der Waals surface area contributed by atoms with E-state index in [0.717, 1.165) is 12.8 Å². The lowest BCUT2D eigenvalue weighted by Gasteiger charge is -2.17. The fourth-order valence-corrected chi connectivity index (χ4v) is 1.33. The number of ketones is 1. The van der Waals surface area contributed by atoms with Gasteiger partial charge in [0.05, 0.1) is 11.9 Å². The van der Waals surface area contributed by atoms with Crippen LogP contribution in [0.4, 0.5) is 0 Å². The maximum Gasteiger partial charge on any atom is 0.175 e. The van der Waals surface area contributed by atoms with Gasteiger partial charge in [-0.15, -0.1) is 0 Å². The van der Waals surface area contributed by atoms with E-state index in [2.05, 4.69) is 0 Å². The van der Waals surface area contributed by atoms with E-state index in [0.29, 0.717) is 5.82 Å². The summed E-state index contributed by atoms with van der Waals surface area (Å²) in [5.41, 5.74) is 6.48. The zero-order chi connectivity index (χ0) is 8.59. The molecule has 0 radical (unpaired) electrons. The Morgan fingerprint density at radius 1 is 1.64 bits per heavy atom. The van der Waals surface area contributed by atoms with Crippen LogP contribution in [0.2, 0.25) is 6.82 Å². The first-order valence-corrected chi connectivity index (χ1v) is 3.85. The van der Waals surface area contributed by atoms with Gasteiger partial charge in [0, 0.05) is 7.05 Å². The van der Waals surface area contributed by atoms with Crippen LogP contribution in [0.1, 0.15) is 6.92 Å². The number of carbonyl (C=O) groups is 1. The molecule has 2 N–H and O–H groups in total. The van der Waals surface area contributed by atoms with Crippen molar-refractivity contribution < 1.29 is 4.79 Å². The zero-order valence-corrected chi connectivity index (χ0v) is 7.22. The second-order valence-electron chi connectivity index (χ2n) is 2.87. The highest BCUT2D eigenvalue weighted by atomic mass is 16.1. The smallest absolute Gasteiger partial charge is 0.175 e. The highest BCUT2D eigenvalue weighted by Crippen LogP contribution is 2.18. The molecule has 0 saturated heterocycles. The lowest BCUT2D eigenvalue weighted by Crippen LogP contribution is -2.30. The van der Waals surface area contributed by atoms with Crippen LogP contribution in [0.5, 0.6) is 0 Å². The Labute approximate surface area is 67.5 Å². The van der Waals surface area contributed by atoms with Crippen molar-refractivity contribution in [2.45, 2.75) is 19.8 Å². The van der Waals surface area contributed by atoms with Gasteiger partial charge >= 0.3 is 0 Å². The predicted molar refractivity (Wildman–Crippen MR) is 46.5 cm³/mol. The molecule has 0 bridgehead atoms. The third kappa shape index (κ3) is 1.02. The van der Waals surface area contributed by atoms with Gasteiger partial charge in [0.25, 0.3) is 0 Å². The van der Waals surface area contributed by atoms with Crippen molar-refractivity contribution in [3.8, 4) is 0 Å². The molecule has 0 spiro atoms. The van der Waals surface area contributed by atoms with Crippen LogP contribution in [0.25, 0.3) is 0 Å². The minimum atomic E-state index is -0.0649. The number of likely N-dealkylation sites (N-methyl/N-ethyl adjacent to an activating group) is 1. The summed E-state index contributed by atoms with van der Waals surface area (Å²) in [6.45, 7) is 3.82. The van der Waals surface area contributed by atoms with Crippen LogP contribution < -0.4 is 5.73 Å². The molecule has 0 fully saturated rings. The van der Waals surface area contributed by atoms with Gasteiger partial charge in [0.15, 0.2) is 13.1 Å². The molecule has 1 heterocycles. The van der Waals surface area contributed by atoms with Gasteiger partial charge in [0.1, 0.15) is 0 Å². The molecule has 0 saturated carbocycles. The van der Waals surface area contributed by atoms with Crippen LogP contribution in [-0.4, -0.2) is 31.1 Å². The van der Waals surface area contributed by atoms with E-state index in [4.69, 9.17) is 5.73 Å². The summed E-state index contributed by atoms with van der Waals surface area (Å²) in [7, 11) is 2.58. The maximum absolute atomic E-state index is 11.4. The predicted octanol–water partition coefficient (Wildman–Crippen LogP) is -0.498. The number of rotatable bonds is 1. The first-order valence-electron chi connectivity index (χ1n) is 3.85. The van der Waals surface area contributed by atoms with Gasteiger partial charge < -0.3 is 10.6 Å². The molecule has 0 amide bonds. The summed E-state index contributed by atoms with van der Waals surface area (Å²) in [5, 5.41) is 0. The van der Waals surface area contributed by atoms with Crippen LogP contribution in [0.15, 0.2) is 11.3 Å². The van der Waals surface area contributed by atoms with Gasteiger partial charge in [-0.3, -0.25) is 4.79 Å². The maximum atomic E-state index is 11.4. The zero-order valence-electron chi connectivity index (χ0n) is 7.22. The summed E-state index contributed by atoms with van der Waals surface area (Å²) in [6, 6.07) is -0.0649. The van der Waals surface area contributed by atoms with Crippen LogP contribution >= 0.6 is 0 Å². The van der Waals surface area contributed by atoms with Gasteiger partial charge in [-0.05, 0) is 12.4 Å². The van der Waals surface area contributed by atoms with Crippen LogP contribution in [0, 0.1) is 0 Å². The molecule has 3 nitrogen and oxygen atoms in total. The van der Waals surface area contributed by atoms with E-state index >= 15 is 0 Å². The molecule has 1 unspecified atom stereocenters. The lowest BCUT2D eigenvalue weighted by atomic mass is 9.70. The highest BCUT2D eigenvalue weighted by Gasteiger charge is 2.31. The molecule has 1 aliphatic rings. The molecule has 60 valence electrons. The molecule has 1 atom stereocenters. The number of nitrogens with zero attached hydrogens (tertiary/aromatic N) is 1. The number of hydrogen-bond acceptors (Lipinski definition) is 3. The minimum absolute atomic E-state index is 0.0649. The number of nitrogens with two attached hydrogens (primary N) is 1. The molecule has 0 aromatic heterocycles. The van der Waals surface area contributed by atoms with Gasteiger partial charge in [-0.2, -0.15) is 0 Å². The van der Waals surface area contributed by atoms with Gasteiger partial charge in [-0.25, -0.2) is 0 Å². The van der Waals surface area contributed by atoms with Crippen molar-refractivity contribution in [2.24, 2.45) is 5.73 Å². The van der Waals surface area contributed by atoms with Crippen molar-refractivity contribution in [2.75, 3.05) is 7.05 Å². The molecule has 0 aromatic carbocycles. The molecule has 4 heteroatoms. The monoisotopic (exact) mass is 152 g/mol. The van der Waals surface area contributed by atoms with Crippen molar-refractivity contribution in [3.63, 3.8) is 0 Å². The largest absolute Gasteiger partial charge is 0.386 e. The fraction of sp³-hybridized carbons (Fsp3) is 0.571. The minimum Gasteiger partial charge on any atom is -0.386 e. The SMILES string of the molecule is CBC1=C(N)N(C)C(C)C1=O. The second-order valence-corrected chi connectivity index (χ2v) is 2.87. The Morgan fingerprint density at radius 3 is 2.36 bits per heavy atom. The van der Waals surface area contributed by atoms with Crippen LogP contribution in [0.3, 0.4) is 0 Å². The number of Topliss-reactive ketones (excluding diaryl/α,β-unsaturated/α-hetero) is 1.